The molecule has 96 valence electrons. The third-order valence-electron chi connectivity index (χ3n) is 2.33. The number of nitrogens with zero attached hydrogens (tertiary/aromatic N) is 1. The molecule has 1 rings (SSSR count). The van der Waals surface area contributed by atoms with E-state index in [2.05, 4.69) is 11.4 Å². The van der Waals surface area contributed by atoms with Crippen molar-refractivity contribution in [3.63, 3.8) is 0 Å². The molecular weight excluding hydrogens is 232 g/mol. The molecule has 0 bridgehead atoms. The largest absolute Gasteiger partial charge is 0.497 e. The van der Waals surface area contributed by atoms with Crippen LogP contribution in [0.25, 0.3) is 0 Å². The molecule has 0 saturated heterocycles. The summed E-state index contributed by atoms with van der Waals surface area (Å²) in [5, 5.41) is 11.9. The summed E-state index contributed by atoms with van der Waals surface area (Å²) >= 11 is 0. The predicted molar refractivity (Wildman–Crippen MR) is 66.0 cm³/mol. The molecule has 0 unspecified atom stereocenters. The normalized spacial score (nSPS) is 11.4. The molecule has 18 heavy (non-hydrogen) atoms. The molecule has 1 aromatic rings. The van der Waals surface area contributed by atoms with Crippen LogP contribution in [-0.2, 0) is 9.53 Å². The van der Waals surface area contributed by atoms with Crippen LogP contribution in [0.2, 0.25) is 0 Å². The van der Waals surface area contributed by atoms with E-state index >= 15 is 0 Å². The van der Waals surface area contributed by atoms with E-state index in [0.29, 0.717) is 6.61 Å². The third kappa shape index (κ3) is 4.07. The standard InChI is InChI=1S/C13H16N2O3/c1-3-18-13(16)9-15-12(8-14)10-4-6-11(17-2)7-5-10/h4-7,12,15H,3,9H2,1-2H3/t12-/m0/s1. The first-order chi connectivity index (χ1) is 8.71. The minimum atomic E-state index is -0.541. The zero-order valence-electron chi connectivity index (χ0n) is 10.5. The lowest BCUT2D eigenvalue weighted by Gasteiger charge is -2.11. The second-order valence-corrected chi connectivity index (χ2v) is 3.52. The Morgan fingerprint density at radius 3 is 2.61 bits per heavy atom. The fraction of sp³-hybridized carbons (Fsp3) is 0.385. The third-order valence-corrected chi connectivity index (χ3v) is 2.33. The van der Waals surface area contributed by atoms with Crippen molar-refractivity contribution in [2.45, 2.75) is 13.0 Å². The Bertz CT molecular complexity index is 423. The summed E-state index contributed by atoms with van der Waals surface area (Å²) in [4.78, 5) is 11.2. The molecule has 0 fully saturated rings. The molecule has 0 spiro atoms. The van der Waals surface area contributed by atoms with E-state index in [4.69, 9.17) is 14.7 Å². The van der Waals surface area contributed by atoms with Crippen molar-refractivity contribution in [2.75, 3.05) is 20.3 Å². The zero-order chi connectivity index (χ0) is 13.4. The van der Waals surface area contributed by atoms with E-state index in [9.17, 15) is 4.79 Å². The minimum Gasteiger partial charge on any atom is -0.497 e. The van der Waals surface area contributed by atoms with Gasteiger partial charge in [0.15, 0.2) is 0 Å². The lowest BCUT2D eigenvalue weighted by molar-refractivity contribution is -0.142. The Morgan fingerprint density at radius 2 is 2.11 bits per heavy atom. The van der Waals surface area contributed by atoms with Crippen LogP contribution in [0.15, 0.2) is 24.3 Å². The van der Waals surface area contributed by atoms with Gasteiger partial charge in [-0.1, -0.05) is 12.1 Å². The number of hydrogen-bond donors (Lipinski definition) is 1. The number of esters is 1. The van der Waals surface area contributed by atoms with Crippen molar-refractivity contribution in [1.82, 2.24) is 5.32 Å². The number of carbonyl (C=O) groups is 1. The average molecular weight is 248 g/mol. The smallest absolute Gasteiger partial charge is 0.319 e. The summed E-state index contributed by atoms with van der Waals surface area (Å²) in [7, 11) is 1.58. The van der Waals surface area contributed by atoms with Crippen LogP contribution < -0.4 is 10.1 Å². The van der Waals surface area contributed by atoms with Gasteiger partial charge in [-0.25, -0.2) is 0 Å². The van der Waals surface area contributed by atoms with Crippen LogP contribution in [0.4, 0.5) is 0 Å². The molecule has 1 atom stereocenters. The van der Waals surface area contributed by atoms with Crippen LogP contribution in [0, 0.1) is 11.3 Å². The van der Waals surface area contributed by atoms with Crippen LogP contribution in [0.3, 0.4) is 0 Å². The van der Waals surface area contributed by atoms with E-state index in [1.165, 1.54) is 0 Å². The maximum Gasteiger partial charge on any atom is 0.319 e. The minimum absolute atomic E-state index is 0.0120. The van der Waals surface area contributed by atoms with Gasteiger partial charge in [0, 0.05) is 0 Å². The van der Waals surface area contributed by atoms with E-state index in [-0.39, 0.29) is 12.5 Å². The number of benzene rings is 1. The van der Waals surface area contributed by atoms with E-state index in [1.807, 2.05) is 0 Å². The van der Waals surface area contributed by atoms with E-state index < -0.39 is 6.04 Å². The summed E-state index contributed by atoms with van der Waals surface area (Å²) in [6.07, 6.45) is 0. The number of rotatable bonds is 6. The summed E-state index contributed by atoms with van der Waals surface area (Å²) in [5.74, 6) is 0.354. The first-order valence-electron chi connectivity index (χ1n) is 5.63. The molecule has 0 radical (unpaired) electrons. The van der Waals surface area contributed by atoms with Gasteiger partial charge in [0.25, 0.3) is 0 Å². The number of hydrogen-bond acceptors (Lipinski definition) is 5. The highest BCUT2D eigenvalue weighted by molar-refractivity contribution is 5.71. The monoisotopic (exact) mass is 248 g/mol. The molecule has 0 aromatic heterocycles. The van der Waals surface area contributed by atoms with Crippen molar-refractivity contribution in [2.24, 2.45) is 0 Å². The van der Waals surface area contributed by atoms with Gasteiger partial charge in [-0.2, -0.15) is 5.26 Å². The van der Waals surface area contributed by atoms with Crippen LogP contribution in [0.1, 0.15) is 18.5 Å². The van der Waals surface area contributed by atoms with Gasteiger partial charge in [-0.15, -0.1) is 0 Å². The summed E-state index contributed by atoms with van der Waals surface area (Å²) in [6.45, 7) is 2.08. The van der Waals surface area contributed by atoms with Gasteiger partial charge in [-0.05, 0) is 24.6 Å². The van der Waals surface area contributed by atoms with Gasteiger partial charge in [-0.3, -0.25) is 10.1 Å². The van der Waals surface area contributed by atoms with Crippen molar-refractivity contribution in [1.29, 1.82) is 5.26 Å². The van der Waals surface area contributed by atoms with Crippen molar-refractivity contribution in [3.8, 4) is 11.8 Å². The Labute approximate surface area is 106 Å². The van der Waals surface area contributed by atoms with Gasteiger partial charge < -0.3 is 9.47 Å². The second-order valence-electron chi connectivity index (χ2n) is 3.52. The second kappa shape index (κ2) is 7.30. The number of nitriles is 1. The van der Waals surface area contributed by atoms with Crippen LogP contribution >= 0.6 is 0 Å². The molecule has 5 heteroatoms. The topological polar surface area (TPSA) is 71.3 Å². The zero-order valence-corrected chi connectivity index (χ0v) is 10.5. The molecule has 1 aromatic carbocycles. The first-order valence-corrected chi connectivity index (χ1v) is 5.63. The maximum atomic E-state index is 11.2. The highest BCUT2D eigenvalue weighted by Gasteiger charge is 2.12. The molecule has 0 saturated carbocycles. The fourth-order valence-corrected chi connectivity index (χ4v) is 1.43. The summed E-state index contributed by atoms with van der Waals surface area (Å²) in [6, 6.07) is 8.66. The maximum absolute atomic E-state index is 11.2. The summed E-state index contributed by atoms with van der Waals surface area (Å²) in [5.41, 5.74) is 0.780. The number of methoxy groups -OCH3 is 1. The Balaban J connectivity index is 2.60. The highest BCUT2D eigenvalue weighted by atomic mass is 16.5. The van der Waals surface area contributed by atoms with E-state index in [0.717, 1.165) is 11.3 Å². The molecule has 0 aliphatic carbocycles. The molecular formula is C13H16N2O3. The molecule has 0 amide bonds. The number of ether oxygens (including phenoxy) is 2. The molecule has 1 N–H and O–H groups in total. The Kier molecular flexibility index (Phi) is 5.68. The Morgan fingerprint density at radius 1 is 1.44 bits per heavy atom. The molecule has 0 aliphatic heterocycles. The SMILES string of the molecule is CCOC(=O)CN[C@@H](C#N)c1ccc(OC)cc1. The average Bonchev–Trinajstić information content (AvgIpc) is 2.40. The number of carbonyl (C=O) groups excluding carboxylic acids is 1. The molecule has 0 heterocycles. The Hall–Kier alpha value is -2.06. The first kappa shape index (κ1) is 14.0. The highest BCUT2D eigenvalue weighted by Crippen LogP contribution is 2.16. The van der Waals surface area contributed by atoms with Gasteiger partial charge in [0.05, 0.1) is 26.3 Å². The van der Waals surface area contributed by atoms with Gasteiger partial charge in [0.1, 0.15) is 11.8 Å². The van der Waals surface area contributed by atoms with Crippen molar-refractivity contribution in [3.05, 3.63) is 29.8 Å². The van der Waals surface area contributed by atoms with Gasteiger partial charge >= 0.3 is 5.97 Å². The van der Waals surface area contributed by atoms with Crippen molar-refractivity contribution < 1.29 is 14.3 Å². The number of nitrogens with one attached hydrogen (secondary N) is 1. The fourth-order valence-electron chi connectivity index (χ4n) is 1.43. The lowest BCUT2D eigenvalue weighted by Crippen LogP contribution is -2.28. The quantitative estimate of drug-likeness (QED) is 0.771. The summed E-state index contributed by atoms with van der Waals surface area (Å²) < 4.78 is 9.81. The van der Waals surface area contributed by atoms with Crippen LogP contribution in [0.5, 0.6) is 5.75 Å². The molecule has 0 aliphatic rings. The lowest BCUT2D eigenvalue weighted by atomic mass is 10.1. The van der Waals surface area contributed by atoms with Crippen LogP contribution in [-0.4, -0.2) is 26.2 Å². The predicted octanol–water partition coefficient (Wildman–Crippen LogP) is 1.41. The van der Waals surface area contributed by atoms with Crippen molar-refractivity contribution >= 4 is 5.97 Å². The van der Waals surface area contributed by atoms with E-state index in [1.54, 1.807) is 38.3 Å². The van der Waals surface area contributed by atoms with Gasteiger partial charge in [0.2, 0.25) is 0 Å². The molecule has 5 nitrogen and oxygen atoms in total.